The third-order valence-electron chi connectivity index (χ3n) is 3.72. The zero-order chi connectivity index (χ0) is 19.8. The second-order valence-corrected chi connectivity index (χ2v) is 6.71. The maximum Gasteiger partial charge on any atom is 0.411 e. The van der Waals surface area contributed by atoms with Crippen molar-refractivity contribution in [3.8, 4) is 11.3 Å². The van der Waals surface area contributed by atoms with Crippen LogP contribution in [0.5, 0.6) is 0 Å². The number of halogens is 6. The van der Waals surface area contributed by atoms with E-state index in [0.717, 1.165) is 4.40 Å². The summed E-state index contributed by atoms with van der Waals surface area (Å²) in [5.74, 6) is -0.591. The van der Waals surface area contributed by atoms with Crippen molar-refractivity contribution in [2.45, 2.75) is 24.0 Å². The minimum Gasteiger partial charge on any atom is -0.364 e. The number of fused-ring (bicyclic) bond motifs is 1. The van der Waals surface area contributed by atoms with Crippen LogP contribution in [0.4, 0.5) is 22.0 Å². The fraction of sp³-hybridized carbons (Fsp3) is 0.312. The Morgan fingerprint density at radius 1 is 1.11 bits per heavy atom. The molecule has 0 spiro atoms. The van der Waals surface area contributed by atoms with Gasteiger partial charge in [-0.15, -0.1) is 10.2 Å². The zero-order valence-corrected chi connectivity index (χ0v) is 15.3. The highest BCUT2D eigenvalue weighted by atomic mass is 79.9. The lowest BCUT2D eigenvalue weighted by molar-refractivity contribution is -0.184. The molecular formula is C16H12BrF5N4O. The molecule has 27 heavy (non-hydrogen) atoms. The van der Waals surface area contributed by atoms with Crippen LogP contribution in [0, 0.1) is 0 Å². The van der Waals surface area contributed by atoms with Gasteiger partial charge in [0.2, 0.25) is 5.82 Å². The molecule has 0 radical (unpaired) electrons. The molecule has 2 aromatic heterocycles. The van der Waals surface area contributed by atoms with E-state index in [9.17, 15) is 22.0 Å². The minimum absolute atomic E-state index is 0.152. The maximum absolute atomic E-state index is 13.5. The Hall–Kier alpha value is -2.14. The number of rotatable bonds is 5. The fourth-order valence-corrected chi connectivity index (χ4v) is 2.65. The average Bonchev–Trinajstić information content (AvgIpc) is 3.02. The number of nitrogens with zero attached hydrogens (tertiary/aromatic N) is 4. The molecule has 0 aliphatic carbocycles. The van der Waals surface area contributed by atoms with E-state index < -0.39 is 29.5 Å². The van der Waals surface area contributed by atoms with Crippen molar-refractivity contribution in [1.82, 2.24) is 19.6 Å². The topological polar surface area (TPSA) is 52.3 Å². The largest absolute Gasteiger partial charge is 0.411 e. The van der Waals surface area contributed by atoms with Crippen LogP contribution >= 0.6 is 15.9 Å². The standard InChI is InChI=1S/C16H12BrF5N4O/c1-9(27-8-15(18,19)20)10-2-4-11(5-3-10)12-7-26-13(6-23-12)24-25-14(26)16(17,21)22/h2-7,9H,8H2,1H3. The number of benzene rings is 1. The van der Waals surface area contributed by atoms with Crippen LogP contribution < -0.4 is 0 Å². The van der Waals surface area contributed by atoms with E-state index in [1.165, 1.54) is 19.3 Å². The first-order valence-corrected chi connectivity index (χ1v) is 8.40. The van der Waals surface area contributed by atoms with Gasteiger partial charge in [0.25, 0.3) is 0 Å². The van der Waals surface area contributed by atoms with Gasteiger partial charge in [-0.3, -0.25) is 9.38 Å². The normalized spacial score (nSPS) is 13.9. The summed E-state index contributed by atoms with van der Waals surface area (Å²) in [7, 11) is 0. The van der Waals surface area contributed by atoms with Crippen molar-refractivity contribution in [3.05, 3.63) is 48.0 Å². The van der Waals surface area contributed by atoms with Gasteiger partial charge in [-0.2, -0.15) is 22.0 Å². The first-order valence-electron chi connectivity index (χ1n) is 7.61. The van der Waals surface area contributed by atoms with Gasteiger partial charge in [0.15, 0.2) is 5.65 Å². The molecule has 0 amide bonds. The molecule has 0 fully saturated rings. The molecule has 1 aromatic carbocycles. The Morgan fingerprint density at radius 3 is 2.37 bits per heavy atom. The molecule has 11 heteroatoms. The molecular weight excluding hydrogens is 439 g/mol. The lowest BCUT2D eigenvalue weighted by Gasteiger charge is -2.15. The van der Waals surface area contributed by atoms with E-state index in [4.69, 9.17) is 4.74 Å². The SMILES string of the molecule is CC(OCC(F)(F)F)c1ccc(-c2cn3c(C(F)(F)Br)nnc3cn2)cc1. The summed E-state index contributed by atoms with van der Waals surface area (Å²) in [5, 5.41) is 7.08. The number of hydrogen-bond acceptors (Lipinski definition) is 4. The molecule has 144 valence electrons. The van der Waals surface area contributed by atoms with Crippen LogP contribution in [0.15, 0.2) is 36.7 Å². The van der Waals surface area contributed by atoms with Gasteiger partial charge in [0, 0.05) is 11.8 Å². The van der Waals surface area contributed by atoms with E-state index in [1.54, 1.807) is 24.3 Å². The van der Waals surface area contributed by atoms with Crippen LogP contribution in [0.25, 0.3) is 16.9 Å². The summed E-state index contributed by atoms with van der Waals surface area (Å²) in [6.07, 6.45) is -2.50. The van der Waals surface area contributed by atoms with Gasteiger partial charge >= 0.3 is 11.0 Å². The summed E-state index contributed by atoms with van der Waals surface area (Å²) in [6.45, 7) is 0.165. The number of ether oxygens (including phenoxy) is 1. The third-order valence-corrected chi connectivity index (χ3v) is 4.07. The van der Waals surface area contributed by atoms with Gasteiger partial charge in [-0.25, -0.2) is 0 Å². The predicted octanol–water partition coefficient (Wildman–Crippen LogP) is 4.88. The fourth-order valence-electron chi connectivity index (χ4n) is 2.38. The van der Waals surface area contributed by atoms with E-state index in [1.807, 2.05) is 0 Å². The quantitative estimate of drug-likeness (QED) is 0.410. The molecule has 1 unspecified atom stereocenters. The van der Waals surface area contributed by atoms with Crippen LogP contribution in [-0.4, -0.2) is 32.4 Å². The Kier molecular flexibility index (Phi) is 5.17. The highest BCUT2D eigenvalue weighted by molar-refractivity contribution is 9.09. The van der Waals surface area contributed by atoms with Gasteiger partial charge in [-0.05, 0) is 28.4 Å². The molecule has 3 rings (SSSR count). The predicted molar refractivity (Wildman–Crippen MR) is 89.5 cm³/mol. The van der Waals surface area contributed by atoms with E-state index in [0.29, 0.717) is 16.8 Å². The summed E-state index contributed by atoms with van der Waals surface area (Å²) in [4.78, 5) is 0.791. The second-order valence-electron chi connectivity index (χ2n) is 5.71. The van der Waals surface area contributed by atoms with Crippen molar-refractivity contribution in [1.29, 1.82) is 0 Å². The zero-order valence-electron chi connectivity index (χ0n) is 13.7. The molecule has 0 saturated heterocycles. The first-order chi connectivity index (χ1) is 12.5. The lowest BCUT2D eigenvalue weighted by atomic mass is 10.1. The van der Waals surface area contributed by atoms with Crippen molar-refractivity contribution in [2.24, 2.45) is 0 Å². The van der Waals surface area contributed by atoms with E-state index >= 15 is 0 Å². The Balaban J connectivity index is 1.85. The summed E-state index contributed by atoms with van der Waals surface area (Å²) in [5.41, 5.74) is 1.65. The van der Waals surface area contributed by atoms with Crippen LogP contribution in [0.2, 0.25) is 0 Å². The van der Waals surface area contributed by atoms with Gasteiger partial charge in [0.05, 0.1) is 18.0 Å². The highest BCUT2D eigenvalue weighted by Gasteiger charge is 2.33. The molecule has 0 aliphatic heterocycles. The number of alkyl halides is 6. The number of hydrogen-bond donors (Lipinski definition) is 0. The minimum atomic E-state index is -4.40. The van der Waals surface area contributed by atoms with Gasteiger partial charge < -0.3 is 4.74 Å². The Morgan fingerprint density at radius 2 is 1.78 bits per heavy atom. The Bertz CT molecular complexity index is 937. The van der Waals surface area contributed by atoms with Crippen LogP contribution in [0.1, 0.15) is 24.4 Å². The van der Waals surface area contributed by atoms with E-state index in [-0.39, 0.29) is 5.65 Å². The van der Waals surface area contributed by atoms with Crippen LogP contribution in [0.3, 0.4) is 0 Å². The van der Waals surface area contributed by atoms with Crippen molar-refractivity contribution >= 4 is 21.6 Å². The lowest BCUT2D eigenvalue weighted by Crippen LogP contribution is -2.18. The maximum atomic E-state index is 13.5. The molecule has 1 atom stereocenters. The highest BCUT2D eigenvalue weighted by Crippen LogP contribution is 2.33. The molecule has 2 heterocycles. The summed E-state index contributed by atoms with van der Waals surface area (Å²) < 4.78 is 69.7. The summed E-state index contributed by atoms with van der Waals surface area (Å²) >= 11 is 2.25. The van der Waals surface area contributed by atoms with Gasteiger partial charge in [0.1, 0.15) is 6.61 Å². The smallest absolute Gasteiger partial charge is 0.364 e. The second kappa shape index (κ2) is 7.12. The van der Waals surface area contributed by atoms with Crippen molar-refractivity contribution in [2.75, 3.05) is 6.61 Å². The molecule has 5 nitrogen and oxygen atoms in total. The Labute approximate surface area is 158 Å². The van der Waals surface area contributed by atoms with Gasteiger partial charge in [-0.1, -0.05) is 24.3 Å². The third kappa shape index (κ3) is 4.59. The molecule has 0 bridgehead atoms. The van der Waals surface area contributed by atoms with Crippen LogP contribution in [-0.2, 0) is 9.57 Å². The van der Waals surface area contributed by atoms with Crippen molar-refractivity contribution in [3.63, 3.8) is 0 Å². The molecule has 3 aromatic rings. The van der Waals surface area contributed by atoms with E-state index in [2.05, 4.69) is 31.1 Å². The average molecular weight is 451 g/mol. The summed E-state index contributed by atoms with van der Waals surface area (Å²) in [6, 6.07) is 6.42. The molecule has 0 saturated carbocycles. The van der Waals surface area contributed by atoms with Crippen molar-refractivity contribution < 1.29 is 26.7 Å². The molecule has 0 aliphatic rings. The molecule has 0 N–H and O–H groups in total. The monoisotopic (exact) mass is 450 g/mol. The first kappa shape index (κ1) is 19.6. The number of aromatic nitrogens is 4.